The number of thioether (sulfide) groups is 1. The largest absolute Gasteiger partial charge is 0.342 e. The Hall–Kier alpha value is -3.39. The lowest BCUT2D eigenvalue weighted by Gasteiger charge is -2.16. The number of nitrogens with zero attached hydrogens (tertiary/aromatic N) is 3. The highest BCUT2D eigenvalue weighted by molar-refractivity contribution is 7.99. The number of carbonyl (C=O) groups is 2. The number of hydrogen-bond donors (Lipinski definition) is 2. The van der Waals surface area contributed by atoms with Gasteiger partial charge in [-0.3, -0.25) is 9.59 Å². The second-order valence-electron chi connectivity index (χ2n) is 7.83. The van der Waals surface area contributed by atoms with Gasteiger partial charge < -0.3 is 15.2 Å². The molecule has 0 bridgehead atoms. The fourth-order valence-electron chi connectivity index (χ4n) is 3.40. The zero-order valence-corrected chi connectivity index (χ0v) is 20.2. The first-order chi connectivity index (χ1) is 15.8. The number of aryl methyl sites for hydroxylation is 2. The maximum Gasteiger partial charge on any atom is 0.252 e. The highest BCUT2D eigenvalue weighted by atomic mass is 32.2. The van der Waals surface area contributed by atoms with E-state index in [4.69, 9.17) is 0 Å². The SMILES string of the molecule is C=CCn1c(SCC(=O)Nc2cccc(C)c2C)nnc1[C@H](C)NC(=O)c1ccccc1C. The van der Waals surface area contributed by atoms with E-state index in [9.17, 15) is 9.59 Å². The van der Waals surface area contributed by atoms with E-state index in [0.29, 0.717) is 23.1 Å². The van der Waals surface area contributed by atoms with Gasteiger partial charge in [-0.25, -0.2) is 0 Å². The number of aromatic nitrogens is 3. The second kappa shape index (κ2) is 11.0. The van der Waals surface area contributed by atoms with Gasteiger partial charge in [-0.05, 0) is 56.5 Å². The van der Waals surface area contributed by atoms with E-state index in [0.717, 1.165) is 22.4 Å². The Morgan fingerprint density at radius 2 is 1.82 bits per heavy atom. The van der Waals surface area contributed by atoms with Gasteiger partial charge in [0.05, 0.1) is 11.8 Å². The number of nitrogens with one attached hydrogen (secondary N) is 2. The zero-order chi connectivity index (χ0) is 24.0. The summed E-state index contributed by atoms with van der Waals surface area (Å²) in [7, 11) is 0. The van der Waals surface area contributed by atoms with Crippen molar-refractivity contribution < 1.29 is 9.59 Å². The Balaban J connectivity index is 1.69. The minimum absolute atomic E-state index is 0.121. The lowest BCUT2D eigenvalue weighted by atomic mass is 10.1. The van der Waals surface area contributed by atoms with Crippen molar-refractivity contribution in [2.75, 3.05) is 11.1 Å². The van der Waals surface area contributed by atoms with Crippen LogP contribution in [0.4, 0.5) is 5.69 Å². The molecule has 33 heavy (non-hydrogen) atoms. The van der Waals surface area contributed by atoms with Crippen LogP contribution >= 0.6 is 11.8 Å². The predicted octanol–water partition coefficient (Wildman–Crippen LogP) is 4.61. The summed E-state index contributed by atoms with van der Waals surface area (Å²) in [5.74, 6) is 0.501. The Morgan fingerprint density at radius 3 is 2.55 bits per heavy atom. The summed E-state index contributed by atoms with van der Waals surface area (Å²) in [6.45, 7) is 12.0. The zero-order valence-electron chi connectivity index (χ0n) is 19.4. The molecule has 3 aromatic rings. The van der Waals surface area contributed by atoms with E-state index in [-0.39, 0.29) is 23.6 Å². The summed E-state index contributed by atoms with van der Waals surface area (Å²) >= 11 is 1.30. The lowest BCUT2D eigenvalue weighted by molar-refractivity contribution is -0.113. The van der Waals surface area contributed by atoms with Crippen molar-refractivity contribution >= 4 is 29.3 Å². The molecule has 2 aromatic carbocycles. The van der Waals surface area contributed by atoms with Crippen molar-refractivity contribution in [2.24, 2.45) is 0 Å². The van der Waals surface area contributed by atoms with E-state index >= 15 is 0 Å². The highest BCUT2D eigenvalue weighted by Gasteiger charge is 2.21. The molecule has 7 nitrogen and oxygen atoms in total. The van der Waals surface area contributed by atoms with Crippen molar-refractivity contribution in [3.05, 3.63) is 83.2 Å². The van der Waals surface area contributed by atoms with E-state index in [1.165, 1.54) is 11.8 Å². The molecule has 3 rings (SSSR count). The smallest absolute Gasteiger partial charge is 0.252 e. The third-order valence-electron chi connectivity index (χ3n) is 5.39. The first-order valence-electron chi connectivity index (χ1n) is 10.7. The van der Waals surface area contributed by atoms with Crippen molar-refractivity contribution in [3.8, 4) is 0 Å². The van der Waals surface area contributed by atoms with E-state index in [2.05, 4.69) is 27.4 Å². The summed E-state index contributed by atoms with van der Waals surface area (Å²) in [5, 5.41) is 15.1. The monoisotopic (exact) mass is 463 g/mol. The molecule has 0 radical (unpaired) electrons. The van der Waals surface area contributed by atoms with Crippen molar-refractivity contribution in [3.63, 3.8) is 0 Å². The van der Waals surface area contributed by atoms with Gasteiger partial charge in [0.15, 0.2) is 11.0 Å². The fourth-order valence-corrected chi connectivity index (χ4v) is 4.15. The average molecular weight is 464 g/mol. The number of carbonyl (C=O) groups excluding carboxylic acids is 2. The summed E-state index contributed by atoms with van der Waals surface area (Å²) < 4.78 is 1.87. The summed E-state index contributed by atoms with van der Waals surface area (Å²) in [4.78, 5) is 25.2. The standard InChI is InChI=1S/C25H29N5O2S/c1-6-14-30-23(19(5)26-24(32)20-12-8-7-10-17(20)3)28-29-25(30)33-15-22(31)27-21-13-9-11-16(2)18(21)4/h6-13,19H,1,14-15H2,2-5H3,(H,26,32)(H,27,31)/t19-/m0/s1. The summed E-state index contributed by atoms with van der Waals surface area (Å²) in [6, 6.07) is 12.9. The van der Waals surface area contributed by atoms with Gasteiger partial charge in [0.25, 0.3) is 5.91 Å². The lowest BCUT2D eigenvalue weighted by Crippen LogP contribution is -2.29. The summed E-state index contributed by atoms with van der Waals surface area (Å²) in [5.41, 5.74) is 4.50. The van der Waals surface area contributed by atoms with Crippen LogP contribution in [0, 0.1) is 20.8 Å². The predicted molar refractivity (Wildman–Crippen MR) is 133 cm³/mol. The van der Waals surface area contributed by atoms with Crippen LogP contribution in [0.1, 0.15) is 45.8 Å². The third kappa shape index (κ3) is 5.90. The molecule has 172 valence electrons. The molecule has 8 heteroatoms. The van der Waals surface area contributed by atoms with Gasteiger partial charge in [0.2, 0.25) is 5.91 Å². The molecule has 0 spiro atoms. The fraction of sp³-hybridized carbons (Fsp3) is 0.280. The van der Waals surface area contributed by atoms with E-state index < -0.39 is 0 Å². The Kier molecular flexibility index (Phi) is 8.06. The Bertz CT molecular complexity index is 1170. The van der Waals surface area contributed by atoms with E-state index in [1.807, 2.05) is 68.7 Å². The van der Waals surface area contributed by atoms with Crippen LogP contribution in [0.2, 0.25) is 0 Å². The van der Waals surface area contributed by atoms with Gasteiger partial charge in [-0.2, -0.15) is 0 Å². The van der Waals surface area contributed by atoms with Gasteiger partial charge in [-0.1, -0.05) is 48.2 Å². The number of anilines is 1. The Labute approximate surface area is 198 Å². The summed E-state index contributed by atoms with van der Waals surface area (Å²) in [6.07, 6.45) is 1.74. The number of benzene rings is 2. The molecular formula is C25H29N5O2S. The van der Waals surface area contributed by atoms with Crippen molar-refractivity contribution in [2.45, 2.75) is 45.4 Å². The van der Waals surface area contributed by atoms with Gasteiger partial charge in [0, 0.05) is 17.8 Å². The molecule has 1 aromatic heterocycles. The minimum atomic E-state index is -0.373. The van der Waals surface area contributed by atoms with Gasteiger partial charge >= 0.3 is 0 Å². The van der Waals surface area contributed by atoms with Gasteiger partial charge in [-0.15, -0.1) is 16.8 Å². The molecule has 2 N–H and O–H groups in total. The number of hydrogen-bond acceptors (Lipinski definition) is 5. The number of amides is 2. The molecule has 0 aliphatic carbocycles. The number of allylic oxidation sites excluding steroid dienone is 1. The maximum atomic E-state index is 12.7. The molecule has 0 saturated carbocycles. The molecule has 0 unspecified atom stereocenters. The molecule has 0 aliphatic heterocycles. The van der Waals surface area contributed by atoms with Crippen LogP contribution in [-0.2, 0) is 11.3 Å². The van der Waals surface area contributed by atoms with Crippen LogP contribution < -0.4 is 10.6 Å². The van der Waals surface area contributed by atoms with Crippen LogP contribution in [0.15, 0.2) is 60.3 Å². The van der Waals surface area contributed by atoms with Crippen LogP contribution in [-0.4, -0.2) is 32.3 Å². The van der Waals surface area contributed by atoms with E-state index in [1.54, 1.807) is 12.1 Å². The first-order valence-corrected chi connectivity index (χ1v) is 11.7. The second-order valence-corrected chi connectivity index (χ2v) is 8.78. The molecular weight excluding hydrogens is 434 g/mol. The third-order valence-corrected chi connectivity index (χ3v) is 6.36. The van der Waals surface area contributed by atoms with Crippen LogP contribution in [0.25, 0.3) is 0 Å². The average Bonchev–Trinajstić information content (AvgIpc) is 3.18. The van der Waals surface area contributed by atoms with Crippen molar-refractivity contribution in [1.29, 1.82) is 0 Å². The number of rotatable bonds is 9. The highest BCUT2D eigenvalue weighted by Crippen LogP contribution is 2.23. The van der Waals surface area contributed by atoms with Crippen LogP contribution in [0.3, 0.4) is 0 Å². The van der Waals surface area contributed by atoms with Crippen molar-refractivity contribution in [1.82, 2.24) is 20.1 Å². The quantitative estimate of drug-likeness (QED) is 0.357. The molecule has 1 heterocycles. The van der Waals surface area contributed by atoms with Crippen LogP contribution in [0.5, 0.6) is 0 Å². The molecule has 0 aliphatic rings. The molecule has 1 atom stereocenters. The molecule has 2 amide bonds. The topological polar surface area (TPSA) is 88.9 Å². The van der Waals surface area contributed by atoms with Gasteiger partial charge in [0.1, 0.15) is 0 Å². The molecule has 0 saturated heterocycles. The maximum absolute atomic E-state index is 12.7. The minimum Gasteiger partial charge on any atom is -0.342 e. The normalized spacial score (nSPS) is 11.6. The Morgan fingerprint density at radius 1 is 1.09 bits per heavy atom. The first kappa shape index (κ1) is 24.3. The molecule has 0 fully saturated rings.